The Balaban J connectivity index is 0.00000441. The number of rotatable bonds is 10. The van der Waals surface area contributed by atoms with E-state index in [2.05, 4.69) is 51.5 Å². The first-order valence-electron chi connectivity index (χ1n) is 7.56. The van der Waals surface area contributed by atoms with Crippen molar-refractivity contribution in [3.8, 4) is 0 Å². The zero-order valence-electron chi connectivity index (χ0n) is 13.9. The van der Waals surface area contributed by atoms with Crippen LogP contribution in [0.2, 0.25) is 0 Å². The number of methoxy groups -OCH3 is 1. The van der Waals surface area contributed by atoms with Crippen molar-refractivity contribution in [2.24, 2.45) is 4.99 Å². The van der Waals surface area contributed by atoms with E-state index in [0.29, 0.717) is 0 Å². The SMILES string of the molecule is CCNC(=NCCN(C)CCOC)NCCn1cccc1.I. The second-order valence-corrected chi connectivity index (χ2v) is 4.90. The maximum Gasteiger partial charge on any atom is 0.191 e. The minimum absolute atomic E-state index is 0. The first kappa shape index (κ1) is 21.2. The third-order valence-electron chi connectivity index (χ3n) is 3.10. The molecule has 6 nitrogen and oxygen atoms in total. The van der Waals surface area contributed by atoms with Crippen LogP contribution in [-0.4, -0.2) is 68.9 Å². The molecule has 0 atom stereocenters. The molecule has 0 radical (unpaired) electrons. The molecule has 0 aliphatic carbocycles. The van der Waals surface area contributed by atoms with Crippen LogP contribution in [0.4, 0.5) is 0 Å². The summed E-state index contributed by atoms with van der Waals surface area (Å²) in [6.07, 6.45) is 4.13. The van der Waals surface area contributed by atoms with Crippen LogP contribution in [0, 0.1) is 0 Å². The van der Waals surface area contributed by atoms with Crippen LogP contribution < -0.4 is 10.6 Å². The van der Waals surface area contributed by atoms with E-state index in [-0.39, 0.29) is 24.0 Å². The largest absolute Gasteiger partial charge is 0.383 e. The predicted molar refractivity (Wildman–Crippen MR) is 103 cm³/mol. The Kier molecular flexibility index (Phi) is 13.3. The van der Waals surface area contributed by atoms with Crippen LogP contribution in [0.1, 0.15) is 6.92 Å². The minimum atomic E-state index is 0. The molecular weight excluding hydrogens is 393 g/mol. The molecule has 1 heterocycles. The molecule has 7 heteroatoms. The number of nitrogens with zero attached hydrogens (tertiary/aromatic N) is 3. The fraction of sp³-hybridized carbons (Fsp3) is 0.667. The molecule has 0 aliphatic heterocycles. The average molecular weight is 423 g/mol. The molecule has 1 aromatic rings. The van der Waals surface area contributed by atoms with Gasteiger partial charge in [0.15, 0.2) is 5.96 Å². The highest BCUT2D eigenvalue weighted by molar-refractivity contribution is 14.0. The summed E-state index contributed by atoms with van der Waals surface area (Å²) >= 11 is 0. The van der Waals surface area contributed by atoms with Gasteiger partial charge >= 0.3 is 0 Å². The number of guanidine groups is 1. The highest BCUT2D eigenvalue weighted by Gasteiger charge is 1.99. The molecule has 0 bridgehead atoms. The van der Waals surface area contributed by atoms with Crippen LogP contribution in [-0.2, 0) is 11.3 Å². The van der Waals surface area contributed by atoms with E-state index in [0.717, 1.165) is 51.8 Å². The summed E-state index contributed by atoms with van der Waals surface area (Å²) < 4.78 is 7.21. The fourth-order valence-electron chi connectivity index (χ4n) is 1.86. The summed E-state index contributed by atoms with van der Waals surface area (Å²) in [4.78, 5) is 6.80. The third kappa shape index (κ3) is 10.0. The Bertz CT molecular complexity index is 383. The molecule has 1 aromatic heterocycles. The van der Waals surface area contributed by atoms with Crippen molar-refractivity contribution in [2.75, 3.05) is 53.5 Å². The van der Waals surface area contributed by atoms with E-state index >= 15 is 0 Å². The number of aliphatic imine (C=N–C) groups is 1. The highest BCUT2D eigenvalue weighted by Crippen LogP contribution is 1.88. The minimum Gasteiger partial charge on any atom is -0.383 e. The van der Waals surface area contributed by atoms with Gasteiger partial charge in [-0.05, 0) is 26.1 Å². The number of hydrogen-bond acceptors (Lipinski definition) is 3. The Morgan fingerprint density at radius 1 is 1.23 bits per heavy atom. The van der Waals surface area contributed by atoms with E-state index in [1.165, 1.54) is 0 Å². The summed E-state index contributed by atoms with van der Waals surface area (Å²) in [5, 5.41) is 6.62. The lowest BCUT2D eigenvalue weighted by atomic mass is 10.5. The summed E-state index contributed by atoms with van der Waals surface area (Å²) in [5.41, 5.74) is 0. The van der Waals surface area contributed by atoms with Gasteiger partial charge in [0.05, 0.1) is 13.2 Å². The van der Waals surface area contributed by atoms with Crippen molar-refractivity contribution >= 4 is 29.9 Å². The van der Waals surface area contributed by atoms with Crippen LogP contribution in [0.15, 0.2) is 29.5 Å². The van der Waals surface area contributed by atoms with Gasteiger partial charge in [-0.2, -0.15) is 0 Å². The number of likely N-dealkylation sites (N-methyl/N-ethyl adjacent to an activating group) is 1. The number of ether oxygens (including phenoxy) is 1. The van der Waals surface area contributed by atoms with Crippen molar-refractivity contribution in [3.05, 3.63) is 24.5 Å². The first-order chi connectivity index (χ1) is 10.3. The van der Waals surface area contributed by atoms with E-state index < -0.39 is 0 Å². The van der Waals surface area contributed by atoms with E-state index in [1.54, 1.807) is 7.11 Å². The number of aromatic nitrogens is 1. The van der Waals surface area contributed by atoms with E-state index in [4.69, 9.17) is 4.74 Å². The molecule has 0 amide bonds. The molecular formula is C15H30IN5O. The van der Waals surface area contributed by atoms with Crippen molar-refractivity contribution in [3.63, 3.8) is 0 Å². The smallest absolute Gasteiger partial charge is 0.191 e. The van der Waals surface area contributed by atoms with Gasteiger partial charge in [0.2, 0.25) is 0 Å². The van der Waals surface area contributed by atoms with Gasteiger partial charge in [-0.1, -0.05) is 0 Å². The molecule has 0 spiro atoms. The van der Waals surface area contributed by atoms with Gasteiger partial charge in [0, 0.05) is 52.2 Å². The highest BCUT2D eigenvalue weighted by atomic mass is 127. The van der Waals surface area contributed by atoms with Crippen LogP contribution in [0.25, 0.3) is 0 Å². The van der Waals surface area contributed by atoms with Crippen molar-refractivity contribution in [1.29, 1.82) is 0 Å². The fourth-order valence-corrected chi connectivity index (χ4v) is 1.86. The lowest BCUT2D eigenvalue weighted by molar-refractivity contribution is 0.163. The van der Waals surface area contributed by atoms with Crippen molar-refractivity contribution in [2.45, 2.75) is 13.5 Å². The summed E-state index contributed by atoms with van der Waals surface area (Å²) in [6.45, 7) is 8.14. The Labute approximate surface area is 151 Å². The van der Waals surface area contributed by atoms with Crippen LogP contribution >= 0.6 is 24.0 Å². The Morgan fingerprint density at radius 2 is 1.95 bits per heavy atom. The molecule has 128 valence electrons. The van der Waals surface area contributed by atoms with Gasteiger partial charge in [-0.3, -0.25) is 4.99 Å². The monoisotopic (exact) mass is 423 g/mol. The lowest BCUT2D eigenvalue weighted by Crippen LogP contribution is -2.39. The molecule has 0 saturated carbocycles. The first-order valence-corrected chi connectivity index (χ1v) is 7.56. The molecule has 0 aliphatic rings. The standard InChI is InChI=1S/C15H29N5O.HI/c1-4-16-15(17-7-11-19(2)13-14-21-3)18-8-12-20-9-5-6-10-20;/h5-6,9-10H,4,7-8,11-14H2,1-3H3,(H2,16,17,18);1H. The van der Waals surface area contributed by atoms with Gasteiger partial charge < -0.3 is 24.8 Å². The second kappa shape index (κ2) is 13.8. The molecule has 0 unspecified atom stereocenters. The number of halogens is 1. The molecule has 1 rings (SSSR count). The maximum atomic E-state index is 5.06. The van der Waals surface area contributed by atoms with E-state index in [1.807, 2.05) is 12.1 Å². The quantitative estimate of drug-likeness (QED) is 0.338. The number of hydrogen-bond donors (Lipinski definition) is 2. The van der Waals surface area contributed by atoms with E-state index in [9.17, 15) is 0 Å². The summed E-state index contributed by atoms with van der Waals surface area (Å²) in [7, 11) is 3.81. The van der Waals surface area contributed by atoms with Crippen LogP contribution in [0.3, 0.4) is 0 Å². The normalized spacial score (nSPS) is 11.4. The van der Waals surface area contributed by atoms with Gasteiger partial charge in [0.1, 0.15) is 0 Å². The molecule has 0 saturated heterocycles. The van der Waals surface area contributed by atoms with Gasteiger partial charge in [-0.25, -0.2) is 0 Å². The second-order valence-electron chi connectivity index (χ2n) is 4.90. The zero-order valence-corrected chi connectivity index (χ0v) is 16.2. The average Bonchev–Trinajstić information content (AvgIpc) is 2.98. The Hall–Kier alpha value is -0.800. The molecule has 22 heavy (non-hydrogen) atoms. The topological polar surface area (TPSA) is 53.8 Å². The third-order valence-corrected chi connectivity index (χ3v) is 3.10. The molecule has 2 N–H and O–H groups in total. The van der Waals surface area contributed by atoms with Gasteiger partial charge in [0.25, 0.3) is 0 Å². The molecule has 0 fully saturated rings. The molecule has 0 aromatic carbocycles. The lowest BCUT2D eigenvalue weighted by Gasteiger charge is -2.15. The van der Waals surface area contributed by atoms with Crippen LogP contribution in [0.5, 0.6) is 0 Å². The zero-order chi connectivity index (χ0) is 15.3. The van der Waals surface area contributed by atoms with Gasteiger partial charge in [-0.15, -0.1) is 24.0 Å². The summed E-state index contributed by atoms with van der Waals surface area (Å²) in [6, 6.07) is 4.07. The number of nitrogens with one attached hydrogen (secondary N) is 2. The van der Waals surface area contributed by atoms with Crippen molar-refractivity contribution in [1.82, 2.24) is 20.1 Å². The maximum absolute atomic E-state index is 5.06. The van der Waals surface area contributed by atoms with Crippen molar-refractivity contribution < 1.29 is 4.74 Å². The Morgan fingerprint density at radius 3 is 2.59 bits per heavy atom. The summed E-state index contributed by atoms with van der Waals surface area (Å²) in [5.74, 6) is 0.879. The predicted octanol–water partition coefficient (Wildman–Crippen LogP) is 1.24.